The van der Waals surface area contributed by atoms with E-state index in [0.717, 1.165) is 0 Å². The lowest BCUT2D eigenvalue weighted by molar-refractivity contribution is -0.114. The summed E-state index contributed by atoms with van der Waals surface area (Å²) in [6.45, 7) is 0. The zero-order valence-electron chi connectivity index (χ0n) is 16.9. The number of oxime groups is 1. The van der Waals surface area contributed by atoms with Gasteiger partial charge in [0.15, 0.2) is 5.71 Å². The van der Waals surface area contributed by atoms with Crippen LogP contribution in [0.5, 0.6) is 28.7 Å². The van der Waals surface area contributed by atoms with Gasteiger partial charge in [-0.1, -0.05) is 29.4 Å². The molecule has 0 atom stereocenters. The minimum atomic E-state index is -0.386. The number of benzene rings is 3. The SMILES string of the molecule is CNC(=O)C(=NOC)c1ccccc1Oc1cccc(Oc2cccc(OC)c2)c1. The fourth-order valence-electron chi connectivity index (χ4n) is 2.70. The van der Waals surface area contributed by atoms with E-state index in [2.05, 4.69) is 10.5 Å². The number of hydrogen-bond acceptors (Lipinski definition) is 6. The van der Waals surface area contributed by atoms with Crippen LogP contribution in [0.4, 0.5) is 0 Å². The number of rotatable bonds is 8. The molecule has 154 valence electrons. The van der Waals surface area contributed by atoms with Crippen LogP contribution < -0.4 is 19.5 Å². The number of likely N-dealkylation sites (N-methyl/N-ethyl adjacent to an activating group) is 1. The molecule has 0 saturated heterocycles. The third-order valence-electron chi connectivity index (χ3n) is 4.08. The van der Waals surface area contributed by atoms with Crippen molar-refractivity contribution in [3.05, 3.63) is 78.4 Å². The number of nitrogens with zero attached hydrogens (tertiary/aromatic N) is 1. The molecule has 0 spiro atoms. The monoisotopic (exact) mass is 406 g/mol. The average Bonchev–Trinajstić information content (AvgIpc) is 2.78. The Morgan fingerprint density at radius 2 is 1.40 bits per heavy atom. The Bertz CT molecular complexity index is 1050. The molecule has 1 amide bonds. The van der Waals surface area contributed by atoms with Gasteiger partial charge in [0.05, 0.1) is 12.7 Å². The van der Waals surface area contributed by atoms with Crippen LogP contribution in [0, 0.1) is 0 Å². The van der Waals surface area contributed by atoms with Crippen LogP contribution in [0.2, 0.25) is 0 Å². The Balaban J connectivity index is 1.86. The van der Waals surface area contributed by atoms with Crippen LogP contribution in [0.1, 0.15) is 5.56 Å². The molecule has 0 saturated carbocycles. The van der Waals surface area contributed by atoms with E-state index in [4.69, 9.17) is 19.0 Å². The average molecular weight is 406 g/mol. The maximum Gasteiger partial charge on any atom is 0.273 e. The van der Waals surface area contributed by atoms with Gasteiger partial charge in [-0.25, -0.2) is 0 Å². The maximum absolute atomic E-state index is 12.2. The zero-order valence-corrected chi connectivity index (χ0v) is 16.9. The Hall–Kier alpha value is -4.00. The standard InChI is InChI=1S/C23H22N2O5/c1-24-23(26)22(25-28-3)20-12-4-5-13-21(20)30-19-11-7-10-18(15-19)29-17-9-6-8-16(14-17)27-2/h4-15H,1-3H3,(H,24,26). The summed E-state index contributed by atoms with van der Waals surface area (Å²) in [6.07, 6.45) is 0. The molecule has 1 N–H and O–H groups in total. The van der Waals surface area contributed by atoms with Crippen molar-refractivity contribution < 1.29 is 23.8 Å². The van der Waals surface area contributed by atoms with Crippen molar-refractivity contribution in [2.24, 2.45) is 5.16 Å². The van der Waals surface area contributed by atoms with Gasteiger partial charge in [-0.2, -0.15) is 0 Å². The van der Waals surface area contributed by atoms with Gasteiger partial charge < -0.3 is 24.4 Å². The zero-order chi connectivity index (χ0) is 21.3. The van der Waals surface area contributed by atoms with Gasteiger partial charge in [-0.05, 0) is 36.4 Å². The lowest BCUT2D eigenvalue weighted by Crippen LogP contribution is -2.28. The first-order valence-corrected chi connectivity index (χ1v) is 9.17. The molecule has 0 bridgehead atoms. The highest BCUT2D eigenvalue weighted by atomic mass is 16.6. The Labute approximate surface area is 174 Å². The van der Waals surface area contributed by atoms with Gasteiger partial charge in [-0.15, -0.1) is 0 Å². The fourth-order valence-corrected chi connectivity index (χ4v) is 2.70. The van der Waals surface area contributed by atoms with Gasteiger partial charge in [0.1, 0.15) is 35.9 Å². The predicted molar refractivity (Wildman–Crippen MR) is 114 cm³/mol. The molecule has 0 radical (unpaired) electrons. The van der Waals surface area contributed by atoms with Crippen molar-refractivity contribution in [2.75, 3.05) is 21.3 Å². The molecular weight excluding hydrogens is 384 g/mol. The topological polar surface area (TPSA) is 78.4 Å². The van der Waals surface area contributed by atoms with Crippen LogP contribution >= 0.6 is 0 Å². The van der Waals surface area contributed by atoms with E-state index in [9.17, 15) is 4.79 Å². The normalized spacial score (nSPS) is 10.8. The third kappa shape index (κ3) is 5.08. The van der Waals surface area contributed by atoms with Crippen molar-refractivity contribution in [3.8, 4) is 28.7 Å². The van der Waals surface area contributed by atoms with E-state index in [-0.39, 0.29) is 11.6 Å². The summed E-state index contributed by atoms with van der Waals surface area (Å²) in [5.74, 6) is 2.54. The van der Waals surface area contributed by atoms with E-state index in [1.54, 1.807) is 43.5 Å². The number of amides is 1. The van der Waals surface area contributed by atoms with Gasteiger partial charge in [0.2, 0.25) is 0 Å². The number of ether oxygens (including phenoxy) is 3. The molecule has 30 heavy (non-hydrogen) atoms. The van der Waals surface area contributed by atoms with Gasteiger partial charge >= 0.3 is 0 Å². The molecule has 0 aliphatic carbocycles. The molecule has 0 heterocycles. The molecule has 7 heteroatoms. The van der Waals surface area contributed by atoms with Gasteiger partial charge in [0, 0.05) is 19.2 Å². The highest BCUT2D eigenvalue weighted by Crippen LogP contribution is 2.31. The van der Waals surface area contributed by atoms with E-state index in [1.165, 1.54) is 14.2 Å². The second-order valence-electron chi connectivity index (χ2n) is 6.06. The second kappa shape index (κ2) is 9.97. The minimum absolute atomic E-state index is 0.111. The van der Waals surface area contributed by atoms with Crippen molar-refractivity contribution in [2.45, 2.75) is 0 Å². The Morgan fingerprint density at radius 3 is 2.03 bits per heavy atom. The Morgan fingerprint density at radius 1 is 0.800 bits per heavy atom. The molecule has 3 rings (SSSR count). The highest BCUT2D eigenvalue weighted by molar-refractivity contribution is 6.45. The third-order valence-corrected chi connectivity index (χ3v) is 4.08. The summed E-state index contributed by atoms with van der Waals surface area (Å²) < 4.78 is 17.2. The van der Waals surface area contributed by atoms with Gasteiger partial charge in [-0.3, -0.25) is 4.79 Å². The van der Waals surface area contributed by atoms with Gasteiger partial charge in [0.25, 0.3) is 5.91 Å². The molecule has 3 aromatic rings. The first-order chi connectivity index (χ1) is 14.6. The predicted octanol–water partition coefficient (Wildman–Crippen LogP) is 4.38. The van der Waals surface area contributed by atoms with Crippen molar-refractivity contribution in [1.29, 1.82) is 0 Å². The summed E-state index contributed by atoms with van der Waals surface area (Å²) in [6, 6.07) is 21.6. The summed E-state index contributed by atoms with van der Waals surface area (Å²) in [5, 5.41) is 6.39. The van der Waals surface area contributed by atoms with Crippen molar-refractivity contribution in [3.63, 3.8) is 0 Å². The molecule has 0 aliphatic rings. The van der Waals surface area contributed by atoms with E-state index < -0.39 is 0 Å². The van der Waals surface area contributed by atoms with Crippen LogP contribution in [0.25, 0.3) is 0 Å². The van der Waals surface area contributed by atoms with Crippen LogP contribution in [0.15, 0.2) is 78.0 Å². The number of methoxy groups -OCH3 is 1. The van der Waals surface area contributed by atoms with Crippen molar-refractivity contribution >= 4 is 11.6 Å². The van der Waals surface area contributed by atoms with E-state index in [0.29, 0.717) is 34.3 Å². The molecule has 7 nitrogen and oxygen atoms in total. The van der Waals surface area contributed by atoms with Crippen molar-refractivity contribution in [1.82, 2.24) is 5.32 Å². The largest absolute Gasteiger partial charge is 0.497 e. The molecule has 0 unspecified atom stereocenters. The number of hydrogen-bond donors (Lipinski definition) is 1. The quantitative estimate of drug-likeness (QED) is 0.444. The fraction of sp³-hybridized carbons (Fsp3) is 0.130. The first kappa shape index (κ1) is 20.7. The summed E-state index contributed by atoms with van der Waals surface area (Å²) >= 11 is 0. The summed E-state index contributed by atoms with van der Waals surface area (Å²) in [7, 11) is 4.51. The lowest BCUT2D eigenvalue weighted by atomic mass is 10.1. The van der Waals surface area contributed by atoms with Crippen LogP contribution in [-0.2, 0) is 9.63 Å². The number of para-hydroxylation sites is 1. The minimum Gasteiger partial charge on any atom is -0.497 e. The number of nitrogens with one attached hydrogen (secondary N) is 1. The van der Waals surface area contributed by atoms with E-state index in [1.807, 2.05) is 36.4 Å². The highest BCUT2D eigenvalue weighted by Gasteiger charge is 2.18. The smallest absolute Gasteiger partial charge is 0.273 e. The molecule has 0 fully saturated rings. The maximum atomic E-state index is 12.2. The summed E-state index contributed by atoms with van der Waals surface area (Å²) in [5.41, 5.74) is 0.609. The van der Waals surface area contributed by atoms with E-state index >= 15 is 0 Å². The number of carbonyl (C=O) groups is 1. The van der Waals surface area contributed by atoms with Crippen LogP contribution in [-0.4, -0.2) is 32.9 Å². The molecular formula is C23H22N2O5. The summed E-state index contributed by atoms with van der Waals surface area (Å²) in [4.78, 5) is 17.0. The Kier molecular flexibility index (Phi) is 6.89. The molecule has 0 aromatic heterocycles. The molecule has 0 aliphatic heterocycles. The lowest BCUT2D eigenvalue weighted by Gasteiger charge is -2.13. The number of carbonyl (C=O) groups excluding carboxylic acids is 1. The molecule has 3 aromatic carbocycles. The van der Waals surface area contributed by atoms with Crippen LogP contribution in [0.3, 0.4) is 0 Å². The first-order valence-electron chi connectivity index (χ1n) is 9.17. The second-order valence-corrected chi connectivity index (χ2v) is 6.06.